The van der Waals surface area contributed by atoms with Crippen LogP contribution in [0.1, 0.15) is 34.7 Å². The van der Waals surface area contributed by atoms with Crippen LogP contribution in [0.15, 0.2) is 63.5 Å². The fourth-order valence-corrected chi connectivity index (χ4v) is 4.86. The quantitative estimate of drug-likeness (QED) is 0.500. The van der Waals surface area contributed by atoms with Gasteiger partial charge in [-0.2, -0.15) is 5.10 Å². The zero-order valence-corrected chi connectivity index (χ0v) is 17.1. The van der Waals surface area contributed by atoms with Crippen molar-refractivity contribution < 1.29 is 9.84 Å². The lowest BCUT2D eigenvalue weighted by atomic mass is 9.97. The van der Waals surface area contributed by atoms with Gasteiger partial charge in [0.2, 0.25) is 6.23 Å². The van der Waals surface area contributed by atoms with E-state index in [1.54, 1.807) is 23.5 Å². The van der Waals surface area contributed by atoms with Crippen molar-refractivity contribution in [3.05, 3.63) is 79.4 Å². The molecule has 7 heteroatoms. The maximum absolute atomic E-state index is 10.5. The summed E-state index contributed by atoms with van der Waals surface area (Å²) >= 11 is 11.4. The summed E-state index contributed by atoms with van der Waals surface area (Å²) in [6, 6.07) is 15.1. The van der Waals surface area contributed by atoms with Crippen molar-refractivity contribution >= 4 is 44.6 Å². The van der Waals surface area contributed by atoms with E-state index in [0.717, 1.165) is 32.8 Å². The number of fused-ring (bicyclic) bond motifs is 3. The number of rotatable bonds is 2. The Labute approximate surface area is 173 Å². The molecule has 0 saturated carbocycles. The molecule has 0 amide bonds. The van der Waals surface area contributed by atoms with E-state index < -0.39 is 6.23 Å². The van der Waals surface area contributed by atoms with Crippen molar-refractivity contribution in [2.75, 3.05) is 0 Å². The van der Waals surface area contributed by atoms with Crippen LogP contribution in [0.2, 0.25) is 5.02 Å². The van der Waals surface area contributed by atoms with Crippen LogP contribution in [0.4, 0.5) is 0 Å². The van der Waals surface area contributed by atoms with Crippen LogP contribution in [0, 0.1) is 0 Å². The molecule has 0 saturated heterocycles. The lowest BCUT2D eigenvalue weighted by molar-refractivity contribution is -0.0203. The number of phenols is 1. The summed E-state index contributed by atoms with van der Waals surface area (Å²) in [6.07, 6.45) is 0.251. The maximum Gasteiger partial charge on any atom is 0.217 e. The first kappa shape index (κ1) is 17.1. The van der Waals surface area contributed by atoms with Crippen molar-refractivity contribution in [2.45, 2.75) is 18.7 Å². The number of aromatic hydroxyl groups is 1. The summed E-state index contributed by atoms with van der Waals surface area (Å²) < 4.78 is 7.15. The fraction of sp³-hybridized carbons (Fsp3) is 0.150. The summed E-state index contributed by atoms with van der Waals surface area (Å²) in [6.45, 7) is 0. The van der Waals surface area contributed by atoms with Crippen LogP contribution in [-0.4, -0.2) is 15.8 Å². The number of ether oxygens (including phenoxy) is 1. The average molecular weight is 462 g/mol. The summed E-state index contributed by atoms with van der Waals surface area (Å²) in [5, 5.41) is 20.0. The van der Waals surface area contributed by atoms with E-state index in [1.165, 1.54) is 0 Å². The van der Waals surface area contributed by atoms with Gasteiger partial charge in [0.05, 0.1) is 22.2 Å². The van der Waals surface area contributed by atoms with Gasteiger partial charge in [0.25, 0.3) is 0 Å². The molecule has 0 radical (unpaired) electrons. The third kappa shape index (κ3) is 2.92. The van der Waals surface area contributed by atoms with Gasteiger partial charge in [-0.05, 0) is 47.8 Å². The van der Waals surface area contributed by atoms with Crippen molar-refractivity contribution in [3.63, 3.8) is 0 Å². The van der Waals surface area contributed by atoms with Gasteiger partial charge >= 0.3 is 0 Å². The maximum atomic E-state index is 10.5. The summed E-state index contributed by atoms with van der Waals surface area (Å²) in [5.74, 6) is 0.951. The van der Waals surface area contributed by atoms with Gasteiger partial charge < -0.3 is 9.84 Å². The third-order valence-electron chi connectivity index (χ3n) is 4.81. The number of halogens is 2. The Morgan fingerprint density at radius 1 is 1.19 bits per heavy atom. The molecule has 1 N–H and O–H groups in total. The molecule has 0 bridgehead atoms. The number of hydrazone groups is 1. The van der Waals surface area contributed by atoms with Crippen molar-refractivity contribution in [2.24, 2.45) is 5.10 Å². The summed E-state index contributed by atoms with van der Waals surface area (Å²) in [5.41, 5.74) is 2.71. The Bertz CT molecular complexity index is 1050. The first-order valence-corrected chi connectivity index (χ1v) is 10.5. The largest absolute Gasteiger partial charge is 0.507 e. The first-order chi connectivity index (χ1) is 13.1. The fourth-order valence-electron chi connectivity index (χ4n) is 3.58. The minimum Gasteiger partial charge on any atom is -0.507 e. The molecule has 2 aromatic carbocycles. The van der Waals surface area contributed by atoms with Crippen LogP contribution in [0.25, 0.3) is 0 Å². The van der Waals surface area contributed by atoms with E-state index in [9.17, 15) is 5.11 Å². The molecule has 2 aliphatic rings. The highest BCUT2D eigenvalue weighted by Crippen LogP contribution is 2.49. The zero-order valence-electron chi connectivity index (χ0n) is 14.0. The van der Waals surface area contributed by atoms with E-state index in [1.807, 2.05) is 40.7 Å². The molecule has 4 nitrogen and oxygen atoms in total. The molecular formula is C20H14BrClN2O2S. The SMILES string of the molecule is Oc1ccc(Br)cc1[C@@H]1Oc2ccc(Cl)cc2[C@@H]2CC(c3cccs3)=NN21. The average Bonchev–Trinajstić information content (AvgIpc) is 3.32. The van der Waals surface area contributed by atoms with Gasteiger partial charge in [-0.3, -0.25) is 0 Å². The normalized spacial score (nSPS) is 20.7. The van der Waals surface area contributed by atoms with Crippen LogP contribution in [0.3, 0.4) is 0 Å². The third-order valence-corrected chi connectivity index (χ3v) is 6.46. The van der Waals surface area contributed by atoms with Gasteiger partial charge in [0.1, 0.15) is 11.5 Å². The molecule has 2 aliphatic heterocycles. The highest BCUT2D eigenvalue weighted by atomic mass is 79.9. The van der Waals surface area contributed by atoms with Gasteiger partial charge in [-0.1, -0.05) is 33.6 Å². The van der Waals surface area contributed by atoms with Crippen molar-refractivity contribution in [1.82, 2.24) is 5.01 Å². The number of thiophene rings is 1. The number of benzene rings is 2. The molecule has 1 aromatic heterocycles. The molecule has 3 aromatic rings. The topological polar surface area (TPSA) is 45.1 Å². The smallest absolute Gasteiger partial charge is 0.217 e. The van der Waals surface area contributed by atoms with Gasteiger partial charge in [-0.25, -0.2) is 5.01 Å². The van der Waals surface area contributed by atoms with Crippen LogP contribution in [-0.2, 0) is 0 Å². The van der Waals surface area contributed by atoms with Crippen LogP contribution in [0.5, 0.6) is 11.5 Å². The van der Waals surface area contributed by atoms with E-state index in [0.29, 0.717) is 10.6 Å². The Balaban J connectivity index is 1.65. The molecule has 3 heterocycles. The second kappa shape index (κ2) is 6.55. The van der Waals surface area contributed by atoms with Crippen molar-refractivity contribution in [1.29, 1.82) is 0 Å². The molecule has 5 rings (SSSR count). The molecule has 0 spiro atoms. The van der Waals surface area contributed by atoms with Gasteiger partial charge in [0.15, 0.2) is 0 Å². The summed E-state index contributed by atoms with van der Waals surface area (Å²) in [4.78, 5) is 1.14. The highest BCUT2D eigenvalue weighted by Gasteiger charge is 2.42. The molecule has 0 fully saturated rings. The molecule has 2 atom stereocenters. The van der Waals surface area contributed by atoms with Gasteiger partial charge in [-0.15, -0.1) is 11.3 Å². The monoisotopic (exact) mass is 460 g/mol. The zero-order chi connectivity index (χ0) is 18.5. The van der Waals surface area contributed by atoms with E-state index in [4.69, 9.17) is 21.4 Å². The Morgan fingerprint density at radius 2 is 2.07 bits per heavy atom. The van der Waals surface area contributed by atoms with E-state index >= 15 is 0 Å². The second-order valence-electron chi connectivity index (χ2n) is 6.48. The standard InChI is InChI=1S/C20H14BrClN2O2S/c21-11-3-5-17(25)14(8-11)20-24-16(10-15(23-24)19-2-1-7-27-19)13-9-12(22)4-6-18(13)26-20/h1-9,16,20,25H,10H2/t16-,20-/m0/s1. The number of hydrogen-bond donors (Lipinski definition) is 1. The predicted octanol–water partition coefficient (Wildman–Crippen LogP) is 6.11. The Morgan fingerprint density at radius 3 is 2.89 bits per heavy atom. The predicted molar refractivity (Wildman–Crippen MR) is 111 cm³/mol. The molecule has 27 heavy (non-hydrogen) atoms. The van der Waals surface area contributed by atoms with E-state index in [-0.39, 0.29) is 11.8 Å². The summed E-state index contributed by atoms with van der Waals surface area (Å²) in [7, 11) is 0. The molecule has 136 valence electrons. The van der Waals surface area contributed by atoms with Crippen LogP contribution >= 0.6 is 38.9 Å². The number of phenolic OH excluding ortho intramolecular Hbond substituents is 1. The van der Waals surface area contributed by atoms with E-state index in [2.05, 4.69) is 22.0 Å². The minimum atomic E-state index is -0.515. The number of nitrogens with zero attached hydrogens (tertiary/aromatic N) is 2. The van der Waals surface area contributed by atoms with Crippen molar-refractivity contribution in [3.8, 4) is 11.5 Å². The molecule has 0 unspecified atom stereocenters. The lowest BCUT2D eigenvalue weighted by Gasteiger charge is -2.38. The van der Waals surface area contributed by atoms with Crippen LogP contribution < -0.4 is 4.74 Å². The minimum absolute atomic E-state index is 0.00734. The second-order valence-corrected chi connectivity index (χ2v) is 8.78. The van der Waals surface area contributed by atoms with Gasteiger partial charge in [0, 0.05) is 21.5 Å². The lowest BCUT2D eigenvalue weighted by Crippen LogP contribution is -2.33. The molecular weight excluding hydrogens is 448 g/mol. The highest BCUT2D eigenvalue weighted by molar-refractivity contribution is 9.10. The Kier molecular flexibility index (Phi) is 4.15. The Hall–Kier alpha value is -2.02. The first-order valence-electron chi connectivity index (χ1n) is 8.44. The number of hydrogen-bond acceptors (Lipinski definition) is 5. The molecule has 0 aliphatic carbocycles.